The van der Waals surface area contributed by atoms with Crippen molar-refractivity contribution in [3.05, 3.63) is 35.0 Å². The molecule has 1 heterocycles. The van der Waals surface area contributed by atoms with Crippen LogP contribution in [0.5, 0.6) is 0 Å². The highest BCUT2D eigenvalue weighted by Crippen LogP contribution is 2.26. The van der Waals surface area contributed by atoms with Gasteiger partial charge in [0.15, 0.2) is 0 Å². The number of rotatable bonds is 2. The molecule has 0 saturated carbocycles. The van der Waals surface area contributed by atoms with Crippen molar-refractivity contribution in [3.8, 4) is 0 Å². The molecule has 0 fully saturated rings. The Morgan fingerprint density at radius 3 is 2.45 bits per heavy atom. The van der Waals surface area contributed by atoms with Crippen LogP contribution in [0.2, 0.25) is 0 Å². The molecule has 20 heavy (non-hydrogen) atoms. The number of hydrogen-bond donors (Lipinski definition) is 0. The van der Waals surface area contributed by atoms with E-state index in [1.807, 2.05) is 44.5 Å². The maximum absolute atomic E-state index is 12.0. The molecule has 1 aromatic carbocycles. The lowest BCUT2D eigenvalue weighted by Gasteiger charge is -2.02. The Morgan fingerprint density at radius 1 is 1.30 bits per heavy atom. The second kappa shape index (κ2) is 6.68. The molecule has 0 aliphatic carbocycles. The summed E-state index contributed by atoms with van der Waals surface area (Å²) < 4.78 is 7.15. The predicted molar refractivity (Wildman–Crippen MR) is 73.4 cm³/mol. The lowest BCUT2D eigenvalue weighted by Crippen LogP contribution is -2.06. The van der Waals surface area contributed by atoms with E-state index in [0.717, 1.165) is 22.2 Å². The Labute approximate surface area is 117 Å². The maximum Gasteiger partial charge on any atom is 0.373 e. The molecule has 0 radical (unpaired) electrons. The number of esters is 1. The zero-order chi connectivity index (χ0) is 15.3. The molecule has 2 aromatic rings. The van der Waals surface area contributed by atoms with Crippen molar-refractivity contribution in [2.75, 3.05) is 6.61 Å². The van der Waals surface area contributed by atoms with Crippen LogP contribution in [-0.2, 0) is 21.4 Å². The van der Waals surface area contributed by atoms with Crippen molar-refractivity contribution in [1.82, 2.24) is 4.57 Å². The molecular weight excluding hydrogens is 258 g/mol. The molecule has 0 spiro atoms. The molecule has 0 unspecified atom stereocenters. The Kier molecular flexibility index (Phi) is 5.23. The van der Waals surface area contributed by atoms with Crippen LogP contribution >= 0.6 is 0 Å². The largest absolute Gasteiger partial charge is 0.462 e. The molecule has 5 nitrogen and oxygen atoms in total. The van der Waals surface area contributed by atoms with E-state index in [0.29, 0.717) is 12.2 Å². The molecule has 0 aliphatic rings. The fraction of sp³-hybridized carbons (Fsp3) is 0.333. The molecular formula is C15H17NO4. The van der Waals surface area contributed by atoms with Gasteiger partial charge in [0, 0.05) is 23.6 Å². The third kappa shape index (κ3) is 2.95. The highest BCUT2D eigenvalue weighted by molar-refractivity contribution is 6.06. The smallest absolute Gasteiger partial charge is 0.373 e. The summed E-state index contributed by atoms with van der Waals surface area (Å²) >= 11 is 0. The van der Waals surface area contributed by atoms with Gasteiger partial charge < -0.3 is 9.30 Å². The van der Waals surface area contributed by atoms with Crippen LogP contribution in [0.4, 0.5) is 0 Å². The molecule has 0 aliphatic heterocycles. The van der Waals surface area contributed by atoms with Gasteiger partial charge in [-0.05, 0) is 32.9 Å². The van der Waals surface area contributed by atoms with E-state index in [1.165, 1.54) is 0 Å². The van der Waals surface area contributed by atoms with Gasteiger partial charge in [0.2, 0.25) is 0 Å². The van der Waals surface area contributed by atoms with Crippen molar-refractivity contribution in [2.24, 2.45) is 7.05 Å². The van der Waals surface area contributed by atoms with Crippen LogP contribution in [0.1, 0.15) is 28.5 Å². The van der Waals surface area contributed by atoms with Gasteiger partial charge in [-0.25, -0.2) is 4.79 Å². The molecule has 106 valence electrons. The standard InChI is InChI=1S/C14H17NO2.CO2/c1-5-17-14(16)13-10(3)15(4)12-7-6-9(2)8-11(12)13;2-1-3/h6-8H,5H2,1-4H3;. The number of aromatic nitrogens is 1. The Hall–Kier alpha value is -2.39. The number of ether oxygens (including phenoxy) is 1. The third-order valence-electron chi connectivity index (χ3n) is 3.13. The number of nitrogens with zero attached hydrogens (tertiary/aromatic N) is 1. The van der Waals surface area contributed by atoms with Crippen LogP contribution in [0, 0.1) is 13.8 Å². The first-order chi connectivity index (χ1) is 9.47. The average Bonchev–Trinajstić information content (AvgIpc) is 2.63. The monoisotopic (exact) mass is 275 g/mol. The van der Waals surface area contributed by atoms with Crippen LogP contribution in [0.25, 0.3) is 10.9 Å². The van der Waals surface area contributed by atoms with Gasteiger partial charge in [0.05, 0.1) is 12.2 Å². The van der Waals surface area contributed by atoms with Gasteiger partial charge in [-0.1, -0.05) is 11.6 Å². The molecule has 2 rings (SSSR count). The zero-order valence-corrected chi connectivity index (χ0v) is 12.0. The second-order valence-electron chi connectivity index (χ2n) is 4.34. The van der Waals surface area contributed by atoms with Crippen LogP contribution < -0.4 is 0 Å². The molecule has 0 N–H and O–H groups in total. The average molecular weight is 275 g/mol. The normalized spacial score (nSPS) is 9.60. The summed E-state index contributed by atoms with van der Waals surface area (Å²) in [5.74, 6) is -0.235. The Balaban J connectivity index is 0.000000612. The summed E-state index contributed by atoms with van der Waals surface area (Å²) in [5.41, 5.74) is 3.85. The topological polar surface area (TPSA) is 65.4 Å². The number of fused-ring (bicyclic) bond motifs is 1. The van der Waals surface area contributed by atoms with Gasteiger partial charge in [-0.15, -0.1) is 0 Å². The van der Waals surface area contributed by atoms with Crippen LogP contribution in [0.3, 0.4) is 0 Å². The predicted octanol–water partition coefficient (Wildman–Crippen LogP) is 2.39. The first kappa shape index (κ1) is 15.7. The van der Waals surface area contributed by atoms with E-state index in [2.05, 4.69) is 6.07 Å². The minimum Gasteiger partial charge on any atom is -0.462 e. The van der Waals surface area contributed by atoms with Crippen LogP contribution in [0.15, 0.2) is 18.2 Å². The lowest BCUT2D eigenvalue weighted by molar-refractivity contribution is -0.191. The van der Waals surface area contributed by atoms with Crippen molar-refractivity contribution in [2.45, 2.75) is 20.8 Å². The van der Waals surface area contributed by atoms with Gasteiger partial charge in [0.1, 0.15) is 0 Å². The van der Waals surface area contributed by atoms with Crippen molar-refractivity contribution in [3.63, 3.8) is 0 Å². The van der Waals surface area contributed by atoms with E-state index < -0.39 is 0 Å². The summed E-state index contributed by atoms with van der Waals surface area (Å²) in [4.78, 5) is 28.2. The maximum atomic E-state index is 12.0. The van der Waals surface area contributed by atoms with E-state index in [9.17, 15) is 4.79 Å². The lowest BCUT2D eigenvalue weighted by atomic mass is 10.1. The summed E-state index contributed by atoms with van der Waals surface area (Å²) in [7, 11) is 1.97. The number of benzene rings is 1. The number of aryl methyl sites for hydroxylation is 2. The summed E-state index contributed by atoms with van der Waals surface area (Å²) in [6.45, 7) is 6.20. The summed E-state index contributed by atoms with van der Waals surface area (Å²) in [5, 5.41) is 0.975. The molecule has 0 amide bonds. The van der Waals surface area contributed by atoms with Crippen molar-refractivity contribution < 1.29 is 19.1 Å². The van der Waals surface area contributed by atoms with Crippen molar-refractivity contribution >= 4 is 23.0 Å². The fourth-order valence-corrected chi connectivity index (χ4v) is 2.15. The van der Waals surface area contributed by atoms with Gasteiger partial charge in [0.25, 0.3) is 0 Å². The number of carbonyl (C=O) groups excluding carboxylic acids is 3. The molecule has 0 bridgehead atoms. The fourth-order valence-electron chi connectivity index (χ4n) is 2.15. The third-order valence-corrected chi connectivity index (χ3v) is 3.13. The highest BCUT2D eigenvalue weighted by atomic mass is 16.5. The molecule has 1 aromatic heterocycles. The quantitative estimate of drug-likeness (QED) is 0.789. The SMILES string of the molecule is CCOC(=O)c1c(C)n(C)c2ccc(C)cc12.O=C=O. The number of carbonyl (C=O) groups is 1. The van der Waals surface area contributed by atoms with E-state index in [-0.39, 0.29) is 12.1 Å². The number of hydrogen-bond acceptors (Lipinski definition) is 4. The molecule has 0 saturated heterocycles. The first-order valence-electron chi connectivity index (χ1n) is 6.19. The van der Waals surface area contributed by atoms with Gasteiger partial charge >= 0.3 is 12.1 Å². The van der Waals surface area contributed by atoms with E-state index in [4.69, 9.17) is 14.3 Å². The highest BCUT2D eigenvalue weighted by Gasteiger charge is 2.19. The zero-order valence-electron chi connectivity index (χ0n) is 12.0. The van der Waals surface area contributed by atoms with Gasteiger partial charge in [-0.2, -0.15) is 9.59 Å². The second-order valence-corrected chi connectivity index (χ2v) is 4.34. The minimum atomic E-state index is -0.235. The van der Waals surface area contributed by atoms with Crippen LogP contribution in [-0.4, -0.2) is 23.3 Å². The molecule has 0 atom stereocenters. The Morgan fingerprint density at radius 2 is 1.90 bits per heavy atom. The molecule has 5 heteroatoms. The van der Waals surface area contributed by atoms with Gasteiger partial charge in [-0.3, -0.25) is 0 Å². The van der Waals surface area contributed by atoms with Crippen molar-refractivity contribution in [1.29, 1.82) is 0 Å². The van der Waals surface area contributed by atoms with E-state index >= 15 is 0 Å². The summed E-state index contributed by atoms with van der Waals surface area (Å²) in [6, 6.07) is 6.13. The minimum absolute atomic E-state index is 0.235. The first-order valence-corrected chi connectivity index (χ1v) is 6.19. The van der Waals surface area contributed by atoms with E-state index in [1.54, 1.807) is 0 Å². The Bertz CT molecular complexity index is 664. The summed E-state index contributed by atoms with van der Waals surface area (Å²) in [6.07, 6.45) is 0.250.